The van der Waals surface area contributed by atoms with E-state index in [1.165, 1.54) is 41.7 Å². The Hall–Kier alpha value is -4.24. The predicted octanol–water partition coefficient (Wildman–Crippen LogP) is 6.56. The Morgan fingerprint density at radius 3 is 2.53 bits per heavy atom. The van der Waals surface area contributed by atoms with Gasteiger partial charge in [-0.3, -0.25) is 14.6 Å². The molecule has 9 heteroatoms. The van der Waals surface area contributed by atoms with E-state index < -0.39 is 11.6 Å². The van der Waals surface area contributed by atoms with Crippen molar-refractivity contribution in [2.45, 2.75) is 32.7 Å². The number of Topliss-reactive ketones (excluding diaryl/α,β-unsaturated/α-hetero) is 2. The number of hydrogen-bond acceptors (Lipinski definition) is 6. The van der Waals surface area contributed by atoms with Crippen LogP contribution in [0.1, 0.15) is 24.5 Å². The highest BCUT2D eigenvalue weighted by molar-refractivity contribution is 7.22. The quantitative estimate of drug-likeness (QED) is 0.191. The molecule has 0 bridgehead atoms. The van der Waals surface area contributed by atoms with Crippen LogP contribution in [0.25, 0.3) is 20.8 Å². The Morgan fingerprint density at radius 2 is 1.76 bits per heavy atom. The number of carbonyl (C=O) groups is 2. The number of benzene rings is 2. The fraction of sp³-hybridized carbons (Fsp3) is 0.172. The van der Waals surface area contributed by atoms with Crippen molar-refractivity contribution in [1.29, 1.82) is 0 Å². The molecule has 0 amide bonds. The number of ether oxygens (including phenoxy) is 1. The molecule has 0 saturated carbocycles. The van der Waals surface area contributed by atoms with Crippen molar-refractivity contribution in [1.82, 2.24) is 14.5 Å². The molecule has 3 heterocycles. The first kappa shape index (κ1) is 25.4. The largest absolute Gasteiger partial charge is 0.453 e. The average molecular weight is 532 g/mol. The second-order valence-corrected chi connectivity index (χ2v) is 9.84. The number of imidazole rings is 1. The van der Waals surface area contributed by atoms with Gasteiger partial charge in [-0.15, -0.1) is 11.3 Å². The topological polar surface area (TPSA) is 74.1 Å². The van der Waals surface area contributed by atoms with Gasteiger partial charge in [0, 0.05) is 37.8 Å². The minimum Gasteiger partial charge on any atom is -0.453 e. The van der Waals surface area contributed by atoms with Crippen LogP contribution in [-0.2, 0) is 29.0 Å². The molecule has 3 aromatic heterocycles. The minimum atomic E-state index is -0.628. The van der Waals surface area contributed by atoms with Gasteiger partial charge in [0.05, 0.1) is 33.5 Å². The van der Waals surface area contributed by atoms with Gasteiger partial charge >= 0.3 is 0 Å². The van der Waals surface area contributed by atoms with Crippen LogP contribution in [-0.4, -0.2) is 26.1 Å². The number of rotatable bonds is 10. The van der Waals surface area contributed by atoms with Gasteiger partial charge in [0.25, 0.3) is 0 Å². The molecule has 0 aliphatic heterocycles. The first-order chi connectivity index (χ1) is 18.4. The zero-order chi connectivity index (χ0) is 26.6. The number of aryl methyl sites for hydroxylation is 1. The first-order valence-corrected chi connectivity index (χ1v) is 12.8. The molecule has 0 unspecified atom stereocenters. The summed E-state index contributed by atoms with van der Waals surface area (Å²) in [6.45, 7) is 2.85. The standard InChI is InChI=1S/C29H23F2N3O3S/c1-2-34-16-25(33-17-34)28-15-24-29(38-28)27(9-10-32-24)37-26-8-7-18(12-23(26)31)11-20(35)14-21(36)13-19-5-3-4-6-22(19)30/h3-10,12,15-17H,2,11,13-14H2,1H3. The summed E-state index contributed by atoms with van der Waals surface area (Å²) in [5.41, 5.74) is 2.21. The predicted molar refractivity (Wildman–Crippen MR) is 141 cm³/mol. The second kappa shape index (κ2) is 11.0. The van der Waals surface area contributed by atoms with E-state index in [1.807, 2.05) is 23.8 Å². The van der Waals surface area contributed by atoms with E-state index in [0.717, 1.165) is 27.3 Å². The van der Waals surface area contributed by atoms with Gasteiger partial charge in [0.2, 0.25) is 0 Å². The smallest absolute Gasteiger partial charge is 0.166 e. The van der Waals surface area contributed by atoms with Gasteiger partial charge in [-0.25, -0.2) is 13.8 Å². The monoisotopic (exact) mass is 531 g/mol. The summed E-state index contributed by atoms with van der Waals surface area (Å²) in [6, 6.07) is 13.8. The molecule has 0 aliphatic rings. The van der Waals surface area contributed by atoms with Crippen LogP contribution in [0.2, 0.25) is 0 Å². The van der Waals surface area contributed by atoms with E-state index in [1.54, 1.807) is 30.7 Å². The number of hydrogen-bond donors (Lipinski definition) is 0. The fourth-order valence-corrected chi connectivity index (χ4v) is 5.09. The third-order valence-electron chi connectivity index (χ3n) is 5.98. The lowest BCUT2D eigenvalue weighted by atomic mass is 10.0. The fourth-order valence-electron chi connectivity index (χ4n) is 4.06. The summed E-state index contributed by atoms with van der Waals surface area (Å²) in [7, 11) is 0. The van der Waals surface area contributed by atoms with Crippen molar-refractivity contribution >= 4 is 33.1 Å². The van der Waals surface area contributed by atoms with Crippen molar-refractivity contribution in [2.75, 3.05) is 0 Å². The molecular weight excluding hydrogens is 508 g/mol. The van der Waals surface area contributed by atoms with E-state index in [2.05, 4.69) is 9.97 Å². The normalized spacial score (nSPS) is 11.1. The van der Waals surface area contributed by atoms with Crippen molar-refractivity contribution in [3.8, 4) is 22.1 Å². The number of carbonyl (C=O) groups excluding carboxylic acids is 2. The Labute approximate surface area is 221 Å². The van der Waals surface area contributed by atoms with Crippen LogP contribution < -0.4 is 4.74 Å². The van der Waals surface area contributed by atoms with Gasteiger partial charge in [-0.2, -0.15) is 0 Å². The molecule has 0 aliphatic carbocycles. The summed E-state index contributed by atoms with van der Waals surface area (Å²) in [6.07, 6.45) is 4.70. The molecule has 0 spiro atoms. The Morgan fingerprint density at radius 1 is 0.947 bits per heavy atom. The van der Waals surface area contributed by atoms with Crippen LogP contribution in [0.4, 0.5) is 8.78 Å². The summed E-state index contributed by atoms with van der Waals surface area (Å²) < 4.78 is 37.3. The summed E-state index contributed by atoms with van der Waals surface area (Å²) >= 11 is 1.46. The molecule has 5 aromatic rings. The van der Waals surface area contributed by atoms with Crippen molar-refractivity contribution in [3.63, 3.8) is 0 Å². The summed E-state index contributed by atoms with van der Waals surface area (Å²) in [5.74, 6) is -1.40. The molecule has 0 fully saturated rings. The Bertz CT molecular complexity index is 1640. The highest BCUT2D eigenvalue weighted by atomic mass is 32.1. The van der Waals surface area contributed by atoms with E-state index in [4.69, 9.17) is 4.74 Å². The van der Waals surface area contributed by atoms with Crippen LogP contribution >= 0.6 is 11.3 Å². The third kappa shape index (κ3) is 5.68. The molecule has 0 atom stereocenters. The third-order valence-corrected chi connectivity index (χ3v) is 7.15. The molecule has 0 radical (unpaired) electrons. The lowest BCUT2D eigenvalue weighted by Gasteiger charge is -2.09. The van der Waals surface area contributed by atoms with Crippen LogP contribution in [0.3, 0.4) is 0 Å². The molecule has 0 saturated heterocycles. The van der Waals surface area contributed by atoms with Gasteiger partial charge in [-0.1, -0.05) is 24.3 Å². The number of thiophene rings is 1. The highest BCUT2D eigenvalue weighted by Crippen LogP contribution is 2.39. The molecule has 6 nitrogen and oxygen atoms in total. The molecule has 2 aromatic carbocycles. The summed E-state index contributed by atoms with van der Waals surface area (Å²) in [4.78, 5) is 34.4. The molecular formula is C29H23F2N3O3S. The number of halogens is 2. The zero-order valence-electron chi connectivity index (χ0n) is 20.5. The number of fused-ring (bicyclic) bond motifs is 1. The van der Waals surface area contributed by atoms with E-state index >= 15 is 0 Å². The second-order valence-electron chi connectivity index (χ2n) is 8.79. The zero-order valence-corrected chi connectivity index (χ0v) is 21.3. The molecule has 192 valence electrons. The lowest BCUT2D eigenvalue weighted by Crippen LogP contribution is -2.13. The Kier molecular flexibility index (Phi) is 7.37. The number of aromatic nitrogens is 3. The van der Waals surface area contributed by atoms with Gasteiger partial charge < -0.3 is 9.30 Å². The molecule has 38 heavy (non-hydrogen) atoms. The van der Waals surface area contributed by atoms with E-state index in [9.17, 15) is 18.4 Å². The average Bonchev–Trinajstić information content (AvgIpc) is 3.54. The van der Waals surface area contributed by atoms with E-state index in [-0.39, 0.29) is 42.1 Å². The van der Waals surface area contributed by atoms with Gasteiger partial charge in [0.15, 0.2) is 11.6 Å². The minimum absolute atomic E-state index is 0.00883. The van der Waals surface area contributed by atoms with Crippen LogP contribution in [0.5, 0.6) is 11.5 Å². The number of nitrogens with zero attached hydrogens (tertiary/aromatic N) is 3. The number of ketones is 2. The van der Waals surface area contributed by atoms with Crippen LogP contribution in [0, 0.1) is 11.6 Å². The lowest BCUT2D eigenvalue weighted by molar-refractivity contribution is -0.126. The molecule has 5 rings (SSSR count). The highest BCUT2D eigenvalue weighted by Gasteiger charge is 2.16. The van der Waals surface area contributed by atoms with Crippen molar-refractivity contribution < 1.29 is 23.1 Å². The molecule has 0 N–H and O–H groups in total. The summed E-state index contributed by atoms with van der Waals surface area (Å²) in [5, 5.41) is 0. The SMILES string of the molecule is CCn1cnc(-c2cc3nccc(Oc4ccc(CC(=O)CC(=O)Cc5ccccc5F)cc4F)c3s2)c1. The Balaban J connectivity index is 1.26. The maximum Gasteiger partial charge on any atom is 0.166 e. The van der Waals surface area contributed by atoms with E-state index in [0.29, 0.717) is 11.3 Å². The number of pyridine rings is 1. The maximum atomic E-state index is 14.9. The first-order valence-electron chi connectivity index (χ1n) is 12.0. The van der Waals surface area contributed by atoms with Crippen molar-refractivity contribution in [2.24, 2.45) is 0 Å². The van der Waals surface area contributed by atoms with Crippen molar-refractivity contribution in [3.05, 3.63) is 96.1 Å². The maximum absolute atomic E-state index is 14.9. The van der Waals surface area contributed by atoms with Gasteiger partial charge in [-0.05, 0) is 42.3 Å². The van der Waals surface area contributed by atoms with Crippen LogP contribution in [0.15, 0.2) is 73.3 Å². The van der Waals surface area contributed by atoms with Gasteiger partial charge in [0.1, 0.15) is 23.1 Å².